The van der Waals surface area contributed by atoms with Gasteiger partial charge >= 0.3 is 0 Å². The maximum absolute atomic E-state index is 12.5. The number of quaternary nitrogens is 1. The molecule has 1 N–H and O–H groups in total. The molecule has 4 aliphatic rings. The molecule has 330 valence electrons. The van der Waals surface area contributed by atoms with Gasteiger partial charge in [-0.3, -0.25) is 8.98 Å². The molecule has 3 fully saturated rings. The summed E-state index contributed by atoms with van der Waals surface area (Å²) in [6.07, 6.45) is 27.4. The molecule has 0 aliphatic heterocycles. The number of rotatable bonds is 25. The zero-order valence-electron chi connectivity index (χ0n) is 37.4. The van der Waals surface area contributed by atoms with E-state index in [9.17, 15) is 17.8 Å². The number of terminal acetylenes is 1. The van der Waals surface area contributed by atoms with Crippen LogP contribution in [0, 0.1) is 52.8 Å². The van der Waals surface area contributed by atoms with Gasteiger partial charge in [-0.05, 0) is 124 Å². The van der Waals surface area contributed by atoms with Gasteiger partial charge in [0.1, 0.15) is 6.61 Å². The normalized spacial score (nSPS) is 28.8. The topological polar surface area (TPSA) is 114 Å². The van der Waals surface area contributed by atoms with Crippen molar-refractivity contribution in [3.05, 3.63) is 11.6 Å². The lowest BCUT2D eigenvalue weighted by atomic mass is 9.47. The SMILES string of the molecule is C#CCOCCOCCNC(=O)CC[C@@H](C)[C@H]1CC[C@H]2[C@@H]3CC=C4C[C@@H](OS(=O)(=O)[O-])CC[C@]4(C)[C@H]3CC[C@]12C.CCCC[N+](CCCC)(CCCC)CCCC. The summed E-state index contributed by atoms with van der Waals surface area (Å²) in [7, 11) is -4.68. The molecule has 0 radical (unpaired) electrons. The molecule has 9 nitrogen and oxygen atoms in total. The Labute approximate surface area is 350 Å². The minimum absolute atomic E-state index is 0.0664. The van der Waals surface area contributed by atoms with Crippen molar-refractivity contribution in [1.82, 2.24) is 5.32 Å². The number of fused-ring (bicyclic) bond motifs is 5. The van der Waals surface area contributed by atoms with Crippen LogP contribution in [0.2, 0.25) is 0 Å². The second-order valence-corrected chi connectivity index (χ2v) is 19.8. The molecule has 0 aromatic carbocycles. The molecule has 0 bridgehead atoms. The number of amides is 1. The van der Waals surface area contributed by atoms with Gasteiger partial charge in [-0.15, -0.1) is 6.42 Å². The van der Waals surface area contributed by atoms with Gasteiger partial charge in [0.2, 0.25) is 16.3 Å². The van der Waals surface area contributed by atoms with Gasteiger partial charge < -0.3 is 23.8 Å². The van der Waals surface area contributed by atoms with E-state index in [1.165, 1.54) is 113 Å². The van der Waals surface area contributed by atoms with Gasteiger partial charge in [-0.1, -0.05) is 91.7 Å². The standard InChI is InChI=1S/C31H49NO7S.C16H36N/c1-5-17-37-19-20-38-18-16-32-29(33)11-6-22(2)26-9-10-27-25-8-7-23-21-24(39-40(34,35)36)12-14-30(23,3)28(25)13-15-31(26,27)4;1-5-9-13-17(14-10-6-2,15-11-7-3)16-12-8-4/h1,7,22,24-28H,6,8-21H2,2-4H3,(H,32,33)(H,34,35,36);5-16H2,1-4H3/q;+1/p-1/t22-,24+,25+,26-,27+,28+,30+,31-;/m1./s1. The number of unbranched alkanes of at least 4 members (excludes halogenated alkanes) is 4. The fourth-order valence-electron chi connectivity index (χ4n) is 11.8. The second-order valence-electron chi connectivity index (χ2n) is 18.7. The summed E-state index contributed by atoms with van der Waals surface area (Å²) in [5.74, 6) is 5.54. The highest BCUT2D eigenvalue weighted by Crippen LogP contribution is 2.67. The first-order valence-electron chi connectivity index (χ1n) is 23.3. The maximum atomic E-state index is 12.5. The lowest BCUT2D eigenvalue weighted by molar-refractivity contribution is -0.929. The van der Waals surface area contributed by atoms with Gasteiger partial charge in [0.15, 0.2) is 0 Å². The van der Waals surface area contributed by atoms with Gasteiger partial charge in [0.05, 0.1) is 52.1 Å². The molecule has 3 saturated carbocycles. The van der Waals surface area contributed by atoms with Crippen LogP contribution in [0.1, 0.15) is 164 Å². The van der Waals surface area contributed by atoms with Crippen molar-refractivity contribution in [2.24, 2.45) is 40.4 Å². The molecule has 8 atom stereocenters. The first-order valence-corrected chi connectivity index (χ1v) is 24.6. The van der Waals surface area contributed by atoms with E-state index < -0.39 is 16.5 Å². The van der Waals surface area contributed by atoms with E-state index in [1.807, 2.05) is 0 Å². The summed E-state index contributed by atoms with van der Waals surface area (Å²) in [6.45, 7) is 24.4. The maximum Gasteiger partial charge on any atom is 0.220 e. The summed E-state index contributed by atoms with van der Waals surface area (Å²) >= 11 is 0. The number of nitrogens with zero attached hydrogens (tertiary/aromatic N) is 1. The van der Waals surface area contributed by atoms with Gasteiger partial charge in [-0.25, -0.2) is 8.42 Å². The molecule has 0 unspecified atom stereocenters. The molecule has 4 rings (SSSR count). The third-order valence-electron chi connectivity index (χ3n) is 15.0. The monoisotopic (exact) mass is 821 g/mol. The first-order chi connectivity index (χ1) is 27.2. The van der Waals surface area contributed by atoms with Crippen LogP contribution in [-0.4, -0.2) is 88.6 Å². The summed E-state index contributed by atoms with van der Waals surface area (Å²) in [5.41, 5.74) is 1.66. The number of nitrogens with one attached hydrogen (secondary N) is 1. The van der Waals surface area contributed by atoms with E-state index in [0.717, 1.165) is 19.3 Å². The Morgan fingerprint density at radius 2 is 1.53 bits per heavy atom. The summed E-state index contributed by atoms with van der Waals surface area (Å²) in [6, 6.07) is 0. The average molecular weight is 821 g/mol. The molecule has 10 heteroatoms. The Bertz CT molecular complexity index is 1330. The molecule has 0 saturated heterocycles. The third-order valence-corrected chi connectivity index (χ3v) is 15.5. The number of carbonyl (C=O) groups excluding carboxylic acids is 1. The Hall–Kier alpha value is -1.48. The van der Waals surface area contributed by atoms with Gasteiger partial charge in [-0.2, -0.15) is 0 Å². The Kier molecular flexibility index (Phi) is 21.6. The molecule has 57 heavy (non-hydrogen) atoms. The van der Waals surface area contributed by atoms with Crippen LogP contribution >= 0.6 is 0 Å². The van der Waals surface area contributed by atoms with Crippen LogP contribution in [-0.2, 0) is 28.9 Å². The van der Waals surface area contributed by atoms with Crippen LogP contribution in [0.15, 0.2) is 11.6 Å². The molecule has 0 aromatic rings. The van der Waals surface area contributed by atoms with Crippen LogP contribution in [0.4, 0.5) is 0 Å². The van der Waals surface area contributed by atoms with Crippen LogP contribution in [0.25, 0.3) is 0 Å². The average Bonchev–Trinajstić information content (AvgIpc) is 3.54. The van der Waals surface area contributed by atoms with Crippen molar-refractivity contribution in [3.8, 4) is 12.3 Å². The highest BCUT2D eigenvalue weighted by molar-refractivity contribution is 7.80. The summed E-state index contributed by atoms with van der Waals surface area (Å²) < 4.78 is 50.4. The van der Waals surface area contributed by atoms with E-state index in [0.29, 0.717) is 80.6 Å². The predicted octanol–water partition coefficient (Wildman–Crippen LogP) is 9.61. The smallest absolute Gasteiger partial charge is 0.220 e. The number of hydrogen-bond acceptors (Lipinski definition) is 7. The molecular formula is C47H84N2O7S. The van der Waals surface area contributed by atoms with E-state index in [1.54, 1.807) is 0 Å². The Morgan fingerprint density at radius 3 is 2.11 bits per heavy atom. The molecule has 0 heterocycles. The van der Waals surface area contributed by atoms with Crippen molar-refractivity contribution in [2.75, 3.05) is 59.2 Å². The lowest BCUT2D eigenvalue weighted by Gasteiger charge is -2.58. The van der Waals surface area contributed by atoms with Crippen LogP contribution in [0.3, 0.4) is 0 Å². The molecule has 0 aromatic heterocycles. The van der Waals surface area contributed by atoms with E-state index in [2.05, 4.69) is 65.8 Å². The highest BCUT2D eigenvalue weighted by Gasteiger charge is 2.59. The minimum atomic E-state index is -4.68. The molecule has 1 amide bonds. The first kappa shape index (κ1) is 49.9. The largest absolute Gasteiger partial charge is 0.726 e. The van der Waals surface area contributed by atoms with Crippen LogP contribution < -0.4 is 5.32 Å². The molecule has 4 aliphatic carbocycles. The van der Waals surface area contributed by atoms with Gasteiger partial charge in [0, 0.05) is 13.0 Å². The summed E-state index contributed by atoms with van der Waals surface area (Å²) in [4.78, 5) is 12.5. The number of hydrogen-bond donors (Lipinski definition) is 1. The Morgan fingerprint density at radius 1 is 0.912 bits per heavy atom. The van der Waals surface area contributed by atoms with Crippen molar-refractivity contribution in [2.45, 2.75) is 170 Å². The fraction of sp³-hybridized carbons (Fsp3) is 0.894. The lowest BCUT2D eigenvalue weighted by Crippen LogP contribution is -2.51. The van der Waals surface area contributed by atoms with Crippen LogP contribution in [0.5, 0.6) is 0 Å². The molecular weight excluding hydrogens is 737 g/mol. The van der Waals surface area contributed by atoms with E-state index in [-0.39, 0.29) is 17.9 Å². The predicted molar refractivity (Wildman–Crippen MR) is 231 cm³/mol. The highest BCUT2D eigenvalue weighted by atomic mass is 32.3. The number of allylic oxidation sites excluding steroid dienone is 1. The van der Waals surface area contributed by atoms with Crippen molar-refractivity contribution < 1.29 is 35.9 Å². The van der Waals surface area contributed by atoms with E-state index >= 15 is 0 Å². The Balaban J connectivity index is 0.000000432. The second kappa shape index (κ2) is 24.7. The number of carbonyl (C=O) groups is 1. The van der Waals surface area contributed by atoms with E-state index in [4.69, 9.17) is 20.1 Å². The quantitative estimate of drug-likeness (QED) is 0.0244. The zero-order chi connectivity index (χ0) is 42.0. The van der Waals surface area contributed by atoms with Gasteiger partial charge in [0.25, 0.3) is 0 Å². The zero-order valence-corrected chi connectivity index (χ0v) is 38.2. The minimum Gasteiger partial charge on any atom is -0.726 e. The summed E-state index contributed by atoms with van der Waals surface area (Å²) in [5, 5.41) is 2.98. The number of ether oxygens (including phenoxy) is 2. The van der Waals surface area contributed by atoms with Crippen molar-refractivity contribution >= 4 is 16.3 Å². The third kappa shape index (κ3) is 14.9. The van der Waals surface area contributed by atoms with Crippen molar-refractivity contribution in [1.29, 1.82) is 0 Å². The fourth-order valence-corrected chi connectivity index (χ4v) is 12.3. The molecule has 0 spiro atoms. The van der Waals surface area contributed by atoms with Crippen molar-refractivity contribution in [3.63, 3.8) is 0 Å².